The fraction of sp³-hybridized carbons (Fsp3) is 0.611. The Balaban J connectivity index is 1.94. The van der Waals surface area contributed by atoms with Crippen LogP contribution in [-0.4, -0.2) is 48.5 Å². The molecule has 6 nitrogen and oxygen atoms in total. The minimum Gasteiger partial charge on any atom is -0.466 e. The van der Waals surface area contributed by atoms with E-state index in [1.807, 2.05) is 18.2 Å². The van der Waals surface area contributed by atoms with Crippen LogP contribution >= 0.6 is 0 Å². The molecular weight excluding hydrogens is 306 g/mol. The summed E-state index contributed by atoms with van der Waals surface area (Å²) >= 11 is 0. The summed E-state index contributed by atoms with van der Waals surface area (Å²) in [4.78, 5) is 30.8. The molecule has 1 aromatic heterocycles. The number of aromatic nitrogens is 1. The van der Waals surface area contributed by atoms with Crippen LogP contribution in [0.5, 0.6) is 0 Å². The Morgan fingerprint density at radius 2 is 2.12 bits per heavy atom. The van der Waals surface area contributed by atoms with Crippen LogP contribution in [0.15, 0.2) is 24.4 Å². The molecule has 0 unspecified atom stereocenters. The Morgan fingerprint density at radius 1 is 1.38 bits per heavy atom. The quantitative estimate of drug-likeness (QED) is 0.772. The molecule has 24 heavy (non-hydrogen) atoms. The third kappa shape index (κ3) is 5.92. The van der Waals surface area contributed by atoms with Gasteiger partial charge >= 0.3 is 5.97 Å². The molecule has 1 saturated heterocycles. The van der Waals surface area contributed by atoms with Gasteiger partial charge in [-0.05, 0) is 58.0 Å². The Labute approximate surface area is 143 Å². The summed E-state index contributed by atoms with van der Waals surface area (Å²) < 4.78 is 5.01. The molecule has 2 rings (SSSR count). The normalized spacial score (nSPS) is 17.2. The number of likely N-dealkylation sites (tertiary alicyclic amines) is 1. The Bertz CT molecular complexity index is 528. The van der Waals surface area contributed by atoms with E-state index in [2.05, 4.69) is 22.2 Å². The maximum atomic E-state index is 12.4. The third-order valence-electron chi connectivity index (χ3n) is 4.37. The van der Waals surface area contributed by atoms with Gasteiger partial charge in [0.15, 0.2) is 0 Å². The number of nitrogens with one attached hydrogen (secondary N) is 1. The summed E-state index contributed by atoms with van der Waals surface area (Å²) in [6.45, 7) is 4.17. The van der Waals surface area contributed by atoms with E-state index in [0.717, 1.165) is 25.9 Å². The van der Waals surface area contributed by atoms with E-state index in [9.17, 15) is 9.59 Å². The number of ether oxygens (including phenoxy) is 1. The molecule has 2 heterocycles. The highest BCUT2D eigenvalue weighted by atomic mass is 16.5. The Kier molecular flexibility index (Phi) is 7.18. The van der Waals surface area contributed by atoms with Crippen molar-refractivity contribution in [1.29, 1.82) is 0 Å². The molecule has 0 aromatic carbocycles. The number of amides is 1. The summed E-state index contributed by atoms with van der Waals surface area (Å²) in [5.41, 5.74) is 0.683. The molecule has 1 aliphatic rings. The highest BCUT2D eigenvalue weighted by Gasteiger charge is 2.23. The lowest BCUT2D eigenvalue weighted by Crippen LogP contribution is -2.35. The van der Waals surface area contributed by atoms with Gasteiger partial charge in [0.05, 0.1) is 24.8 Å². The van der Waals surface area contributed by atoms with Crippen molar-refractivity contribution in [3.8, 4) is 0 Å². The number of nitrogens with zero attached hydrogens (tertiary/aromatic N) is 2. The SMILES string of the molecule is CCOC(=O)C[C@H](NC(=O)CC1CCN(C)CC1)c1ccccn1. The second-order valence-electron chi connectivity index (χ2n) is 6.33. The minimum atomic E-state index is -0.441. The number of pyridine rings is 1. The maximum absolute atomic E-state index is 12.4. The van der Waals surface area contributed by atoms with Crippen LogP contribution in [0.2, 0.25) is 0 Å². The third-order valence-corrected chi connectivity index (χ3v) is 4.37. The van der Waals surface area contributed by atoms with Crippen molar-refractivity contribution < 1.29 is 14.3 Å². The number of piperidine rings is 1. The van der Waals surface area contributed by atoms with Crippen molar-refractivity contribution in [3.05, 3.63) is 30.1 Å². The summed E-state index contributed by atoms with van der Waals surface area (Å²) in [5.74, 6) is 0.0606. The molecule has 1 N–H and O–H groups in total. The van der Waals surface area contributed by atoms with Crippen molar-refractivity contribution in [3.63, 3.8) is 0 Å². The predicted octanol–water partition coefficient (Wildman–Crippen LogP) is 1.92. The molecule has 6 heteroatoms. The molecule has 0 aliphatic carbocycles. The fourth-order valence-corrected chi connectivity index (χ4v) is 2.98. The number of carbonyl (C=O) groups is 2. The Morgan fingerprint density at radius 3 is 2.75 bits per heavy atom. The van der Waals surface area contributed by atoms with Crippen molar-refractivity contribution in [2.75, 3.05) is 26.7 Å². The van der Waals surface area contributed by atoms with E-state index >= 15 is 0 Å². The lowest BCUT2D eigenvalue weighted by atomic mass is 9.93. The van der Waals surface area contributed by atoms with Gasteiger partial charge in [-0.2, -0.15) is 0 Å². The van der Waals surface area contributed by atoms with Crippen molar-refractivity contribution in [2.24, 2.45) is 5.92 Å². The molecule has 1 aliphatic heterocycles. The number of rotatable bonds is 7. The fourth-order valence-electron chi connectivity index (χ4n) is 2.98. The highest BCUT2D eigenvalue weighted by Crippen LogP contribution is 2.21. The van der Waals surface area contributed by atoms with Gasteiger partial charge in [0.2, 0.25) is 5.91 Å². The van der Waals surface area contributed by atoms with Crippen molar-refractivity contribution >= 4 is 11.9 Å². The van der Waals surface area contributed by atoms with E-state index in [-0.39, 0.29) is 18.3 Å². The van der Waals surface area contributed by atoms with E-state index in [4.69, 9.17) is 4.74 Å². The summed E-state index contributed by atoms with van der Waals surface area (Å²) in [6.07, 6.45) is 4.34. The maximum Gasteiger partial charge on any atom is 0.308 e. The molecule has 1 atom stereocenters. The van der Waals surface area contributed by atoms with Gasteiger partial charge in [-0.15, -0.1) is 0 Å². The zero-order valence-electron chi connectivity index (χ0n) is 14.5. The zero-order valence-corrected chi connectivity index (χ0v) is 14.5. The van der Waals surface area contributed by atoms with Crippen LogP contribution in [-0.2, 0) is 14.3 Å². The van der Waals surface area contributed by atoms with Crippen LogP contribution in [0.3, 0.4) is 0 Å². The second-order valence-corrected chi connectivity index (χ2v) is 6.33. The molecule has 1 aromatic rings. The lowest BCUT2D eigenvalue weighted by Gasteiger charge is -2.29. The van der Waals surface area contributed by atoms with Crippen molar-refractivity contribution in [1.82, 2.24) is 15.2 Å². The second kappa shape index (κ2) is 9.37. The van der Waals surface area contributed by atoms with Gasteiger partial charge in [-0.3, -0.25) is 14.6 Å². The van der Waals surface area contributed by atoms with Crippen LogP contribution in [0.1, 0.15) is 44.3 Å². The first kappa shape index (κ1) is 18.4. The monoisotopic (exact) mass is 333 g/mol. The van der Waals surface area contributed by atoms with Gasteiger partial charge in [-0.1, -0.05) is 6.07 Å². The van der Waals surface area contributed by atoms with Crippen LogP contribution in [0, 0.1) is 5.92 Å². The molecular formula is C18H27N3O3. The molecule has 0 spiro atoms. The van der Waals surface area contributed by atoms with Crippen LogP contribution in [0.4, 0.5) is 0 Å². The molecule has 132 valence electrons. The summed E-state index contributed by atoms with van der Waals surface area (Å²) in [5, 5.41) is 2.97. The Hall–Kier alpha value is -1.95. The van der Waals surface area contributed by atoms with E-state index < -0.39 is 6.04 Å². The first-order valence-electron chi connectivity index (χ1n) is 8.63. The average Bonchev–Trinajstić information content (AvgIpc) is 2.57. The molecule has 0 bridgehead atoms. The molecule has 0 saturated carbocycles. The smallest absolute Gasteiger partial charge is 0.308 e. The number of carbonyl (C=O) groups excluding carboxylic acids is 2. The first-order chi connectivity index (χ1) is 11.6. The van der Waals surface area contributed by atoms with E-state index in [1.54, 1.807) is 13.1 Å². The summed E-state index contributed by atoms with van der Waals surface area (Å²) in [6, 6.07) is 5.04. The standard InChI is InChI=1S/C18H27N3O3/c1-3-24-18(23)13-16(15-6-4-5-9-19-15)20-17(22)12-14-7-10-21(2)11-8-14/h4-6,9,14,16H,3,7-8,10-13H2,1-2H3,(H,20,22)/t16-/m0/s1. The van der Waals surface area contributed by atoms with Gasteiger partial charge < -0.3 is 15.0 Å². The largest absolute Gasteiger partial charge is 0.466 e. The van der Waals surface area contributed by atoms with Crippen LogP contribution < -0.4 is 5.32 Å². The van der Waals surface area contributed by atoms with E-state index in [0.29, 0.717) is 24.6 Å². The van der Waals surface area contributed by atoms with E-state index in [1.165, 1.54) is 0 Å². The summed E-state index contributed by atoms with van der Waals surface area (Å²) in [7, 11) is 2.10. The first-order valence-corrected chi connectivity index (χ1v) is 8.63. The predicted molar refractivity (Wildman–Crippen MR) is 91.2 cm³/mol. The van der Waals surface area contributed by atoms with Crippen LogP contribution in [0.25, 0.3) is 0 Å². The van der Waals surface area contributed by atoms with Gasteiger partial charge in [0.1, 0.15) is 0 Å². The average molecular weight is 333 g/mol. The number of hydrogen-bond donors (Lipinski definition) is 1. The minimum absolute atomic E-state index is 0.0236. The van der Waals surface area contributed by atoms with Gasteiger partial charge in [-0.25, -0.2) is 0 Å². The zero-order chi connectivity index (χ0) is 17.4. The molecule has 1 fully saturated rings. The number of esters is 1. The van der Waals surface area contributed by atoms with Crippen molar-refractivity contribution in [2.45, 2.75) is 38.6 Å². The number of hydrogen-bond acceptors (Lipinski definition) is 5. The van der Waals surface area contributed by atoms with Gasteiger partial charge in [0, 0.05) is 12.6 Å². The molecule has 0 radical (unpaired) electrons. The lowest BCUT2D eigenvalue weighted by molar-refractivity contribution is -0.143. The highest BCUT2D eigenvalue weighted by molar-refractivity contribution is 5.78. The van der Waals surface area contributed by atoms with Gasteiger partial charge in [0.25, 0.3) is 0 Å². The topological polar surface area (TPSA) is 71.5 Å². The molecule has 1 amide bonds.